The van der Waals surface area contributed by atoms with Crippen LogP contribution >= 0.6 is 12.4 Å². The maximum absolute atomic E-state index is 5.92. The van der Waals surface area contributed by atoms with Gasteiger partial charge in [-0.25, -0.2) is 0 Å². The number of hydrogen-bond donors (Lipinski definition) is 2. The summed E-state index contributed by atoms with van der Waals surface area (Å²) in [7, 11) is 0. The highest BCUT2D eigenvalue weighted by Crippen LogP contribution is 2.21. The SMILES string of the molecule is Cc1cc(C)c([C@@H](N)CN)c(C)c1.Cl. The van der Waals surface area contributed by atoms with Crippen molar-refractivity contribution in [3.05, 3.63) is 34.4 Å². The lowest BCUT2D eigenvalue weighted by molar-refractivity contribution is 0.725. The number of rotatable bonds is 2. The summed E-state index contributed by atoms with van der Waals surface area (Å²) in [6, 6.07) is 4.27. The zero-order valence-corrected chi connectivity index (χ0v) is 9.82. The Morgan fingerprint density at radius 3 is 1.93 bits per heavy atom. The predicted molar refractivity (Wildman–Crippen MR) is 63.9 cm³/mol. The zero-order chi connectivity index (χ0) is 10.0. The molecule has 0 aromatic heterocycles. The van der Waals surface area contributed by atoms with Crippen molar-refractivity contribution in [2.24, 2.45) is 11.5 Å². The fourth-order valence-electron chi connectivity index (χ4n) is 1.89. The largest absolute Gasteiger partial charge is 0.329 e. The fraction of sp³-hybridized carbons (Fsp3) is 0.455. The monoisotopic (exact) mass is 214 g/mol. The number of aryl methyl sites for hydroxylation is 3. The van der Waals surface area contributed by atoms with E-state index in [0.29, 0.717) is 6.54 Å². The van der Waals surface area contributed by atoms with Gasteiger partial charge in [0, 0.05) is 12.6 Å². The summed E-state index contributed by atoms with van der Waals surface area (Å²) in [6.45, 7) is 6.78. The first kappa shape index (κ1) is 13.4. The minimum Gasteiger partial charge on any atom is -0.329 e. The molecule has 0 heterocycles. The number of benzene rings is 1. The van der Waals surface area contributed by atoms with Gasteiger partial charge in [0.2, 0.25) is 0 Å². The second-order valence-electron chi connectivity index (χ2n) is 3.65. The fourth-order valence-corrected chi connectivity index (χ4v) is 1.89. The summed E-state index contributed by atoms with van der Waals surface area (Å²) < 4.78 is 0. The van der Waals surface area contributed by atoms with E-state index >= 15 is 0 Å². The van der Waals surface area contributed by atoms with Crippen molar-refractivity contribution < 1.29 is 0 Å². The topological polar surface area (TPSA) is 52.0 Å². The second kappa shape index (κ2) is 5.35. The summed E-state index contributed by atoms with van der Waals surface area (Å²) in [6.07, 6.45) is 0. The highest BCUT2D eigenvalue weighted by Gasteiger charge is 2.10. The molecule has 1 aromatic carbocycles. The van der Waals surface area contributed by atoms with E-state index in [-0.39, 0.29) is 18.4 Å². The molecule has 14 heavy (non-hydrogen) atoms. The van der Waals surface area contributed by atoms with E-state index in [1.165, 1.54) is 22.3 Å². The van der Waals surface area contributed by atoms with E-state index in [2.05, 4.69) is 32.9 Å². The summed E-state index contributed by atoms with van der Waals surface area (Å²) in [5.41, 5.74) is 16.4. The standard InChI is InChI=1S/C11H18N2.ClH/c1-7-4-8(2)11(9(3)5-7)10(13)6-12;/h4-5,10H,6,12-13H2,1-3H3;1H/t10-;/m0./s1. The molecular weight excluding hydrogens is 196 g/mol. The van der Waals surface area contributed by atoms with Crippen LogP contribution in [0.4, 0.5) is 0 Å². The molecule has 0 saturated carbocycles. The molecule has 0 unspecified atom stereocenters. The van der Waals surface area contributed by atoms with Crippen molar-refractivity contribution in [3.8, 4) is 0 Å². The van der Waals surface area contributed by atoms with Crippen molar-refractivity contribution in [2.75, 3.05) is 6.54 Å². The van der Waals surface area contributed by atoms with Gasteiger partial charge >= 0.3 is 0 Å². The van der Waals surface area contributed by atoms with Crippen molar-refractivity contribution in [2.45, 2.75) is 26.8 Å². The molecule has 0 fully saturated rings. The van der Waals surface area contributed by atoms with Gasteiger partial charge in [-0.15, -0.1) is 12.4 Å². The molecule has 2 nitrogen and oxygen atoms in total. The first-order chi connectivity index (χ1) is 6.06. The Bertz CT molecular complexity index is 287. The quantitative estimate of drug-likeness (QED) is 0.791. The molecule has 4 N–H and O–H groups in total. The Labute approximate surface area is 92.1 Å². The first-order valence-corrected chi connectivity index (χ1v) is 4.59. The molecule has 0 radical (unpaired) electrons. The highest BCUT2D eigenvalue weighted by atomic mass is 35.5. The second-order valence-corrected chi connectivity index (χ2v) is 3.65. The van der Waals surface area contributed by atoms with Crippen LogP contribution in [0.1, 0.15) is 28.3 Å². The zero-order valence-electron chi connectivity index (χ0n) is 9.00. The molecule has 0 amide bonds. The van der Waals surface area contributed by atoms with Crippen LogP contribution in [0.15, 0.2) is 12.1 Å². The van der Waals surface area contributed by atoms with E-state index < -0.39 is 0 Å². The smallest absolute Gasteiger partial charge is 0.0424 e. The normalized spacial score (nSPS) is 12.1. The van der Waals surface area contributed by atoms with Gasteiger partial charge in [-0.2, -0.15) is 0 Å². The third-order valence-electron chi connectivity index (χ3n) is 2.36. The number of nitrogens with two attached hydrogens (primary N) is 2. The molecule has 0 saturated heterocycles. The molecule has 0 bridgehead atoms. The van der Waals surface area contributed by atoms with Gasteiger partial charge < -0.3 is 11.5 Å². The molecule has 0 aliphatic rings. The van der Waals surface area contributed by atoms with Crippen molar-refractivity contribution in [1.82, 2.24) is 0 Å². The maximum Gasteiger partial charge on any atom is 0.0424 e. The van der Waals surface area contributed by atoms with Crippen LogP contribution in [0.3, 0.4) is 0 Å². The Morgan fingerprint density at radius 1 is 1.14 bits per heavy atom. The van der Waals surface area contributed by atoms with Gasteiger partial charge in [0.25, 0.3) is 0 Å². The molecule has 1 atom stereocenters. The van der Waals surface area contributed by atoms with Gasteiger partial charge in [-0.1, -0.05) is 17.7 Å². The van der Waals surface area contributed by atoms with E-state index in [4.69, 9.17) is 11.5 Å². The Morgan fingerprint density at radius 2 is 1.57 bits per heavy atom. The van der Waals surface area contributed by atoms with Crippen LogP contribution in [-0.4, -0.2) is 6.54 Å². The average molecular weight is 215 g/mol. The highest BCUT2D eigenvalue weighted by molar-refractivity contribution is 5.85. The Balaban J connectivity index is 0.00000169. The molecule has 0 aliphatic heterocycles. The van der Waals surface area contributed by atoms with Crippen molar-refractivity contribution >= 4 is 12.4 Å². The van der Waals surface area contributed by atoms with E-state index in [1.807, 2.05) is 0 Å². The van der Waals surface area contributed by atoms with Crippen molar-refractivity contribution in [3.63, 3.8) is 0 Å². The summed E-state index contributed by atoms with van der Waals surface area (Å²) in [5, 5.41) is 0. The van der Waals surface area contributed by atoms with Gasteiger partial charge in [-0.05, 0) is 37.5 Å². The van der Waals surface area contributed by atoms with Crippen LogP contribution in [0.25, 0.3) is 0 Å². The minimum absolute atomic E-state index is 0. The van der Waals surface area contributed by atoms with Gasteiger partial charge in [0.1, 0.15) is 0 Å². The van der Waals surface area contributed by atoms with Crippen LogP contribution in [0, 0.1) is 20.8 Å². The minimum atomic E-state index is -0.0272. The third kappa shape index (κ3) is 2.71. The molecule has 0 spiro atoms. The van der Waals surface area contributed by atoms with E-state index in [1.54, 1.807) is 0 Å². The first-order valence-electron chi connectivity index (χ1n) is 4.59. The van der Waals surface area contributed by atoms with Gasteiger partial charge in [0.15, 0.2) is 0 Å². The average Bonchev–Trinajstić information content (AvgIpc) is 2.02. The van der Waals surface area contributed by atoms with Crippen LogP contribution in [-0.2, 0) is 0 Å². The Hall–Kier alpha value is -0.570. The molecule has 80 valence electrons. The lowest BCUT2D eigenvalue weighted by Crippen LogP contribution is -2.22. The lowest BCUT2D eigenvalue weighted by Gasteiger charge is -2.16. The molecular formula is C11H19ClN2. The van der Waals surface area contributed by atoms with Crippen LogP contribution in [0.2, 0.25) is 0 Å². The number of hydrogen-bond acceptors (Lipinski definition) is 2. The van der Waals surface area contributed by atoms with Gasteiger partial charge in [0.05, 0.1) is 0 Å². The Kier molecular flexibility index (Phi) is 5.13. The van der Waals surface area contributed by atoms with Crippen molar-refractivity contribution in [1.29, 1.82) is 0 Å². The molecule has 1 rings (SSSR count). The number of halogens is 1. The molecule has 1 aromatic rings. The van der Waals surface area contributed by atoms with Gasteiger partial charge in [-0.3, -0.25) is 0 Å². The maximum atomic E-state index is 5.92. The molecule has 3 heteroatoms. The third-order valence-corrected chi connectivity index (χ3v) is 2.36. The van der Waals surface area contributed by atoms with Crippen LogP contribution < -0.4 is 11.5 Å². The summed E-state index contributed by atoms with van der Waals surface area (Å²) >= 11 is 0. The predicted octanol–water partition coefficient (Wildman–Crippen LogP) is 1.99. The summed E-state index contributed by atoms with van der Waals surface area (Å²) in [4.78, 5) is 0. The molecule has 0 aliphatic carbocycles. The van der Waals surface area contributed by atoms with E-state index in [9.17, 15) is 0 Å². The van der Waals surface area contributed by atoms with E-state index in [0.717, 1.165) is 0 Å². The lowest BCUT2D eigenvalue weighted by atomic mass is 9.94. The van der Waals surface area contributed by atoms with Crippen LogP contribution in [0.5, 0.6) is 0 Å². The summed E-state index contributed by atoms with van der Waals surface area (Å²) in [5.74, 6) is 0.